The minimum Gasteiger partial charge on any atom is -0.497 e. The SMILES string of the molecule is C.C.CC(C)CCC1=CCC=N1.CC(C)CCC1CCCCC1.CC(C)CCc1ccccc1.CC(C)CCn1cccc1.COc1ccc(CCC(C)C)cc1. The average molecular weight is 787 g/mol. The Morgan fingerprint density at radius 1 is 0.579 bits per heavy atom. The summed E-state index contributed by atoms with van der Waals surface area (Å²) in [6.45, 7) is 23.9. The molecule has 3 nitrogen and oxygen atoms in total. The summed E-state index contributed by atoms with van der Waals surface area (Å²) < 4.78 is 7.32. The van der Waals surface area contributed by atoms with Gasteiger partial charge in [0.05, 0.1) is 7.11 Å². The first-order chi connectivity index (χ1) is 26.4. The fourth-order valence-electron chi connectivity index (χ4n) is 6.33. The van der Waals surface area contributed by atoms with Crippen LogP contribution in [0.5, 0.6) is 5.75 Å². The van der Waals surface area contributed by atoms with Gasteiger partial charge in [-0.25, -0.2) is 0 Å². The number of aromatic nitrogens is 1. The van der Waals surface area contributed by atoms with Crippen LogP contribution in [0, 0.1) is 35.5 Å². The molecule has 0 saturated heterocycles. The van der Waals surface area contributed by atoms with Crippen LogP contribution in [0.3, 0.4) is 0 Å². The van der Waals surface area contributed by atoms with Crippen molar-refractivity contribution in [2.75, 3.05) is 7.11 Å². The highest BCUT2D eigenvalue weighted by Crippen LogP contribution is 2.28. The van der Waals surface area contributed by atoms with Crippen molar-refractivity contribution < 1.29 is 4.74 Å². The minimum absolute atomic E-state index is 0. The van der Waals surface area contributed by atoms with Gasteiger partial charge in [0.1, 0.15) is 5.75 Å². The molecule has 0 amide bonds. The van der Waals surface area contributed by atoms with E-state index in [1.165, 1.54) is 100 Å². The third-order valence-corrected chi connectivity index (χ3v) is 10.2. The predicted molar refractivity (Wildman–Crippen MR) is 259 cm³/mol. The topological polar surface area (TPSA) is 26.5 Å². The Hall–Kier alpha value is -3.07. The number of allylic oxidation sites excluding steroid dienone is 2. The van der Waals surface area contributed by atoms with Gasteiger partial charge in [-0.1, -0.05) is 178 Å². The highest BCUT2D eigenvalue weighted by atomic mass is 16.5. The van der Waals surface area contributed by atoms with Crippen LogP contribution >= 0.6 is 0 Å². The van der Waals surface area contributed by atoms with Gasteiger partial charge in [-0.05, 0) is 116 Å². The average Bonchev–Trinajstić information content (AvgIpc) is 3.91. The molecule has 2 heterocycles. The van der Waals surface area contributed by atoms with Gasteiger partial charge >= 0.3 is 0 Å². The maximum atomic E-state index is 5.09. The van der Waals surface area contributed by atoms with Gasteiger partial charge in [0.25, 0.3) is 0 Å². The van der Waals surface area contributed by atoms with Crippen molar-refractivity contribution in [2.24, 2.45) is 40.5 Å². The molecule has 0 N–H and O–H groups in total. The lowest BCUT2D eigenvalue weighted by Crippen LogP contribution is -2.06. The number of benzene rings is 2. The van der Waals surface area contributed by atoms with E-state index in [2.05, 4.69) is 152 Å². The number of methoxy groups -OCH3 is 1. The van der Waals surface area contributed by atoms with E-state index in [-0.39, 0.29) is 14.9 Å². The lowest BCUT2D eigenvalue weighted by Gasteiger charge is -2.21. The van der Waals surface area contributed by atoms with Crippen LogP contribution in [-0.2, 0) is 19.4 Å². The minimum atomic E-state index is 0. The van der Waals surface area contributed by atoms with Crippen molar-refractivity contribution in [2.45, 2.75) is 187 Å². The van der Waals surface area contributed by atoms with E-state index >= 15 is 0 Å². The molecule has 1 aromatic heterocycles. The molecule has 0 radical (unpaired) electrons. The lowest BCUT2D eigenvalue weighted by atomic mass is 9.85. The highest BCUT2D eigenvalue weighted by Gasteiger charge is 2.13. The molecule has 0 bridgehead atoms. The fourth-order valence-corrected chi connectivity index (χ4v) is 6.33. The number of aliphatic imine (C=N–C) groups is 1. The third-order valence-electron chi connectivity index (χ3n) is 10.2. The first-order valence-electron chi connectivity index (χ1n) is 22.4. The standard InChI is InChI=1S/C12H18O.C11H22.C11H16.2C9H15N.2CH4/c1-10(2)4-5-11-6-8-12(13-3)9-7-11;2*1-10(2)8-9-11-6-4-3-5-7-11;1-8(2)5-6-9-4-3-7-10-9;1-9(2)5-8-10-6-3-4-7-10;;/h6-10H,4-5H2,1-3H3;10-11H,3-9H2,1-2H3;3-7,10H,8-9H2,1-2H3;4,7-8H,3,5-6H2,1-2H3;3-4,6-7,9H,5,8H2,1-2H3;2*1H4. The number of aryl methyl sites for hydroxylation is 3. The van der Waals surface area contributed by atoms with Crippen LogP contribution in [0.1, 0.15) is 179 Å². The smallest absolute Gasteiger partial charge is 0.118 e. The lowest BCUT2D eigenvalue weighted by molar-refractivity contribution is 0.317. The Labute approximate surface area is 356 Å². The summed E-state index contributed by atoms with van der Waals surface area (Å²) in [5, 5.41) is 0. The Bertz CT molecular complexity index is 1310. The van der Waals surface area contributed by atoms with E-state index < -0.39 is 0 Å². The van der Waals surface area contributed by atoms with Gasteiger partial charge in [-0.15, -0.1) is 0 Å². The second kappa shape index (κ2) is 36.0. The molecule has 57 heavy (non-hydrogen) atoms. The van der Waals surface area contributed by atoms with E-state index in [0.29, 0.717) is 0 Å². The Morgan fingerprint density at radius 2 is 1.07 bits per heavy atom. The van der Waals surface area contributed by atoms with E-state index in [4.69, 9.17) is 4.74 Å². The Balaban J connectivity index is 0. The zero-order chi connectivity index (χ0) is 40.7. The van der Waals surface area contributed by atoms with Crippen LogP contribution in [0.4, 0.5) is 0 Å². The van der Waals surface area contributed by atoms with E-state index in [9.17, 15) is 0 Å². The summed E-state index contributed by atoms with van der Waals surface area (Å²) in [6.07, 6.45) is 28.6. The van der Waals surface area contributed by atoms with Crippen LogP contribution in [0.25, 0.3) is 0 Å². The van der Waals surface area contributed by atoms with Gasteiger partial charge in [-0.2, -0.15) is 0 Å². The first-order valence-corrected chi connectivity index (χ1v) is 22.4. The van der Waals surface area contributed by atoms with Gasteiger partial charge < -0.3 is 9.30 Å². The molecule has 3 aromatic rings. The zero-order valence-corrected chi connectivity index (χ0v) is 37.7. The predicted octanol–water partition coefficient (Wildman–Crippen LogP) is 17.1. The van der Waals surface area contributed by atoms with Crippen molar-refractivity contribution in [3.8, 4) is 5.75 Å². The number of nitrogens with zero attached hydrogens (tertiary/aromatic N) is 2. The molecular formula is C54H94N2O. The monoisotopic (exact) mass is 787 g/mol. The summed E-state index contributed by atoms with van der Waals surface area (Å²) in [7, 11) is 1.70. The summed E-state index contributed by atoms with van der Waals surface area (Å²) in [5.41, 5.74) is 4.14. The van der Waals surface area contributed by atoms with Gasteiger partial charge in [-0.3, -0.25) is 4.99 Å². The highest BCUT2D eigenvalue weighted by molar-refractivity contribution is 5.64. The summed E-state index contributed by atoms with van der Waals surface area (Å²) in [5.74, 6) is 6.15. The van der Waals surface area contributed by atoms with Crippen molar-refractivity contribution >= 4 is 6.21 Å². The van der Waals surface area contributed by atoms with Crippen LogP contribution in [0.2, 0.25) is 0 Å². The maximum Gasteiger partial charge on any atom is 0.118 e. The van der Waals surface area contributed by atoms with E-state index in [1.807, 2.05) is 18.3 Å². The number of rotatable bonds is 16. The van der Waals surface area contributed by atoms with Crippen LogP contribution in [0.15, 0.2) is 95.9 Å². The second-order valence-corrected chi connectivity index (χ2v) is 18.0. The van der Waals surface area contributed by atoms with E-state index in [1.54, 1.807) is 7.11 Å². The fraction of sp³-hybridized carbons (Fsp3) is 0.648. The molecule has 1 aliphatic heterocycles. The van der Waals surface area contributed by atoms with Crippen molar-refractivity contribution in [3.05, 3.63) is 102 Å². The van der Waals surface area contributed by atoms with Gasteiger partial charge in [0.2, 0.25) is 0 Å². The summed E-state index contributed by atoms with van der Waals surface area (Å²) in [4.78, 5) is 4.24. The van der Waals surface area contributed by atoms with Crippen LogP contribution < -0.4 is 4.74 Å². The maximum absolute atomic E-state index is 5.09. The first kappa shape index (κ1) is 56.0. The second-order valence-electron chi connectivity index (χ2n) is 18.0. The molecule has 1 saturated carbocycles. The largest absolute Gasteiger partial charge is 0.497 e. The zero-order valence-electron chi connectivity index (χ0n) is 37.7. The molecule has 5 rings (SSSR count). The molecule has 326 valence electrons. The molecule has 1 aliphatic carbocycles. The molecule has 2 aromatic carbocycles. The third kappa shape index (κ3) is 33.6. The Kier molecular flexibility index (Phi) is 35.4. The van der Waals surface area contributed by atoms with Crippen molar-refractivity contribution in [1.82, 2.24) is 4.57 Å². The molecular weight excluding hydrogens is 693 g/mol. The molecule has 3 heteroatoms. The van der Waals surface area contributed by atoms with E-state index in [0.717, 1.165) is 60.6 Å². The molecule has 0 unspecified atom stereocenters. The summed E-state index contributed by atoms with van der Waals surface area (Å²) in [6, 6.07) is 23.1. The van der Waals surface area contributed by atoms with Gasteiger partial charge in [0, 0.05) is 37.3 Å². The molecule has 1 fully saturated rings. The van der Waals surface area contributed by atoms with Crippen molar-refractivity contribution in [3.63, 3.8) is 0 Å². The molecule has 0 spiro atoms. The van der Waals surface area contributed by atoms with Gasteiger partial charge in [0.15, 0.2) is 0 Å². The molecule has 0 atom stereocenters. The summed E-state index contributed by atoms with van der Waals surface area (Å²) >= 11 is 0. The number of hydrogen-bond acceptors (Lipinski definition) is 2. The number of hydrogen-bond donors (Lipinski definition) is 0. The van der Waals surface area contributed by atoms with Crippen LogP contribution in [-0.4, -0.2) is 17.9 Å². The normalized spacial score (nSPS) is 13.2. The Morgan fingerprint density at radius 3 is 1.53 bits per heavy atom. The van der Waals surface area contributed by atoms with Crippen molar-refractivity contribution in [1.29, 1.82) is 0 Å². The molecule has 2 aliphatic rings. The number of ether oxygens (including phenoxy) is 1. The quantitative estimate of drug-likeness (QED) is 0.142.